The average molecular weight is 292 g/mol. The fourth-order valence-corrected chi connectivity index (χ4v) is 4.00. The van der Waals surface area contributed by atoms with E-state index >= 15 is 0 Å². The van der Waals surface area contributed by atoms with Crippen LogP contribution in [-0.2, 0) is 0 Å². The molecule has 0 heterocycles. The van der Waals surface area contributed by atoms with Crippen LogP contribution in [0, 0.1) is 11.8 Å². The van der Waals surface area contributed by atoms with Gasteiger partial charge in [-0.05, 0) is 55.2 Å². The second-order valence-electron chi connectivity index (χ2n) is 6.01. The molecule has 1 aliphatic rings. The van der Waals surface area contributed by atoms with Crippen molar-refractivity contribution >= 4 is 11.8 Å². The third-order valence-electron chi connectivity index (χ3n) is 4.77. The second-order valence-corrected chi connectivity index (χ2v) is 6.89. The van der Waals surface area contributed by atoms with Gasteiger partial charge in [-0.15, -0.1) is 11.8 Å². The topological polar surface area (TPSA) is 12.0 Å². The molecular weight excluding hydrogens is 262 g/mol. The minimum Gasteiger partial charge on any atom is -0.310 e. The zero-order valence-electron chi connectivity index (χ0n) is 13.2. The molecule has 2 rings (SSSR count). The maximum absolute atomic E-state index is 3.74. The summed E-state index contributed by atoms with van der Waals surface area (Å²) >= 11 is 1.82. The average Bonchev–Trinajstić information content (AvgIpc) is 2.53. The first kappa shape index (κ1) is 15.9. The molecule has 0 bridgehead atoms. The van der Waals surface area contributed by atoms with E-state index in [2.05, 4.69) is 49.7 Å². The maximum atomic E-state index is 3.74. The van der Waals surface area contributed by atoms with Gasteiger partial charge in [-0.3, -0.25) is 0 Å². The lowest BCUT2D eigenvalue weighted by atomic mass is 9.75. The first-order valence-electron chi connectivity index (χ1n) is 8.15. The van der Waals surface area contributed by atoms with Crippen LogP contribution in [0.4, 0.5) is 0 Å². The number of hydrogen-bond acceptors (Lipinski definition) is 2. The molecule has 1 N–H and O–H groups in total. The summed E-state index contributed by atoms with van der Waals surface area (Å²) in [4.78, 5) is 1.36. The van der Waals surface area contributed by atoms with Crippen molar-refractivity contribution < 1.29 is 0 Å². The Morgan fingerprint density at radius 2 is 1.95 bits per heavy atom. The molecule has 0 aromatic heterocycles. The Morgan fingerprint density at radius 1 is 1.20 bits per heavy atom. The summed E-state index contributed by atoms with van der Waals surface area (Å²) in [5.74, 6) is 1.76. The number of thioether (sulfide) groups is 1. The molecule has 0 amide bonds. The third kappa shape index (κ3) is 4.02. The lowest BCUT2D eigenvalue weighted by Crippen LogP contribution is -2.31. The van der Waals surface area contributed by atoms with Crippen LogP contribution in [-0.4, -0.2) is 12.8 Å². The van der Waals surface area contributed by atoms with Gasteiger partial charge in [0.25, 0.3) is 0 Å². The van der Waals surface area contributed by atoms with Crippen LogP contribution in [0.5, 0.6) is 0 Å². The van der Waals surface area contributed by atoms with E-state index < -0.39 is 0 Å². The van der Waals surface area contributed by atoms with Crippen LogP contribution >= 0.6 is 11.8 Å². The van der Waals surface area contributed by atoms with Crippen molar-refractivity contribution in [3.05, 3.63) is 29.8 Å². The van der Waals surface area contributed by atoms with Gasteiger partial charge in [-0.25, -0.2) is 0 Å². The largest absolute Gasteiger partial charge is 0.310 e. The Labute approximate surface area is 128 Å². The minimum atomic E-state index is 0.547. The van der Waals surface area contributed by atoms with Crippen molar-refractivity contribution in [1.82, 2.24) is 5.32 Å². The molecule has 1 saturated carbocycles. The third-order valence-corrected chi connectivity index (χ3v) is 5.51. The van der Waals surface area contributed by atoms with Crippen LogP contribution in [0.3, 0.4) is 0 Å². The SMILES string of the molecule is CCNC(c1ccc(SC)cc1)C1CCCC(CC)C1. The predicted octanol–water partition coefficient (Wildman–Crippen LogP) is 5.28. The van der Waals surface area contributed by atoms with Gasteiger partial charge in [0, 0.05) is 10.9 Å². The van der Waals surface area contributed by atoms with Gasteiger partial charge in [0.2, 0.25) is 0 Å². The van der Waals surface area contributed by atoms with E-state index in [0.717, 1.165) is 18.4 Å². The number of nitrogens with one attached hydrogen (secondary N) is 1. The van der Waals surface area contributed by atoms with Crippen LogP contribution in [0.25, 0.3) is 0 Å². The van der Waals surface area contributed by atoms with Crippen LogP contribution in [0.1, 0.15) is 57.6 Å². The monoisotopic (exact) mass is 291 g/mol. The van der Waals surface area contributed by atoms with Gasteiger partial charge in [0.15, 0.2) is 0 Å². The molecule has 1 nitrogen and oxygen atoms in total. The van der Waals surface area contributed by atoms with Gasteiger partial charge in [0.05, 0.1) is 0 Å². The predicted molar refractivity (Wildman–Crippen MR) is 90.4 cm³/mol. The van der Waals surface area contributed by atoms with Crippen LogP contribution in [0.2, 0.25) is 0 Å². The normalized spacial score (nSPS) is 24.6. The Bertz CT molecular complexity index is 387. The lowest BCUT2D eigenvalue weighted by Gasteiger charge is -2.35. The highest BCUT2D eigenvalue weighted by atomic mass is 32.2. The molecule has 0 saturated heterocycles. The number of rotatable bonds is 6. The Balaban J connectivity index is 2.12. The van der Waals surface area contributed by atoms with Crippen molar-refractivity contribution in [3.8, 4) is 0 Å². The fourth-order valence-electron chi connectivity index (χ4n) is 3.59. The first-order valence-corrected chi connectivity index (χ1v) is 9.38. The lowest BCUT2D eigenvalue weighted by molar-refractivity contribution is 0.210. The van der Waals surface area contributed by atoms with Crippen molar-refractivity contribution in [2.24, 2.45) is 11.8 Å². The molecule has 3 atom stereocenters. The minimum absolute atomic E-state index is 0.547. The second kappa shape index (κ2) is 8.09. The summed E-state index contributed by atoms with van der Waals surface area (Å²) in [6.07, 6.45) is 9.13. The van der Waals surface area contributed by atoms with Gasteiger partial charge in [-0.1, -0.05) is 45.2 Å². The summed E-state index contributed by atoms with van der Waals surface area (Å²) in [5, 5.41) is 3.74. The fraction of sp³-hybridized carbons (Fsp3) is 0.667. The van der Waals surface area contributed by atoms with Gasteiger partial charge >= 0.3 is 0 Å². The molecule has 0 aliphatic heterocycles. The summed E-state index contributed by atoms with van der Waals surface area (Å²) in [5.41, 5.74) is 1.48. The molecule has 1 fully saturated rings. The molecule has 3 unspecified atom stereocenters. The summed E-state index contributed by atoms with van der Waals surface area (Å²) in [7, 11) is 0. The molecule has 1 aromatic rings. The molecule has 0 spiro atoms. The van der Waals surface area contributed by atoms with E-state index in [4.69, 9.17) is 0 Å². The highest BCUT2D eigenvalue weighted by Crippen LogP contribution is 2.38. The summed E-state index contributed by atoms with van der Waals surface area (Å²) < 4.78 is 0. The molecule has 0 radical (unpaired) electrons. The van der Waals surface area contributed by atoms with Crippen LogP contribution < -0.4 is 5.32 Å². The maximum Gasteiger partial charge on any atom is 0.0348 e. The number of benzene rings is 1. The highest BCUT2D eigenvalue weighted by molar-refractivity contribution is 7.98. The standard InChI is InChI=1S/C18H29NS/c1-4-14-7-6-8-16(13-14)18(19-5-2)15-9-11-17(20-3)12-10-15/h9-12,14,16,18-19H,4-8,13H2,1-3H3. The summed E-state index contributed by atoms with van der Waals surface area (Å²) in [6.45, 7) is 5.63. The molecule has 2 heteroatoms. The first-order chi connectivity index (χ1) is 9.78. The molecular formula is C18H29NS. The van der Waals surface area contributed by atoms with E-state index in [0.29, 0.717) is 6.04 Å². The quantitative estimate of drug-likeness (QED) is 0.716. The van der Waals surface area contributed by atoms with Gasteiger partial charge in [0.1, 0.15) is 0 Å². The zero-order valence-corrected chi connectivity index (χ0v) is 14.0. The van der Waals surface area contributed by atoms with E-state index in [1.54, 1.807) is 0 Å². The highest BCUT2D eigenvalue weighted by Gasteiger charge is 2.28. The van der Waals surface area contributed by atoms with Gasteiger partial charge < -0.3 is 5.32 Å². The van der Waals surface area contributed by atoms with E-state index in [1.807, 2.05) is 11.8 Å². The van der Waals surface area contributed by atoms with Gasteiger partial charge in [-0.2, -0.15) is 0 Å². The number of hydrogen-bond donors (Lipinski definition) is 1. The smallest absolute Gasteiger partial charge is 0.0348 e. The van der Waals surface area contributed by atoms with E-state index in [9.17, 15) is 0 Å². The Morgan fingerprint density at radius 3 is 2.55 bits per heavy atom. The Hall–Kier alpha value is -0.470. The molecule has 1 aromatic carbocycles. The Kier molecular flexibility index (Phi) is 6.44. The van der Waals surface area contributed by atoms with Crippen molar-refractivity contribution in [2.45, 2.75) is 56.9 Å². The van der Waals surface area contributed by atoms with Crippen LogP contribution in [0.15, 0.2) is 29.2 Å². The van der Waals surface area contributed by atoms with E-state index in [-0.39, 0.29) is 0 Å². The van der Waals surface area contributed by atoms with Crippen molar-refractivity contribution in [2.75, 3.05) is 12.8 Å². The molecule has 112 valence electrons. The molecule has 20 heavy (non-hydrogen) atoms. The summed E-state index contributed by atoms with van der Waals surface area (Å²) in [6, 6.07) is 9.74. The van der Waals surface area contributed by atoms with Crippen molar-refractivity contribution in [1.29, 1.82) is 0 Å². The molecule has 1 aliphatic carbocycles. The van der Waals surface area contributed by atoms with E-state index in [1.165, 1.54) is 42.6 Å². The zero-order chi connectivity index (χ0) is 14.4. The van der Waals surface area contributed by atoms with Crippen molar-refractivity contribution in [3.63, 3.8) is 0 Å².